The Balaban J connectivity index is 1.76. The Hall–Kier alpha value is -1.57. The summed E-state index contributed by atoms with van der Waals surface area (Å²) in [5, 5.41) is 23.1. The molecule has 0 spiro atoms. The molecule has 1 atom stereocenters. The van der Waals surface area contributed by atoms with Crippen molar-refractivity contribution in [1.29, 1.82) is 5.26 Å². The Labute approximate surface area is 126 Å². The fraction of sp³-hybridized carbons (Fsp3) is 0.588. The van der Waals surface area contributed by atoms with E-state index >= 15 is 0 Å². The third-order valence-electron chi connectivity index (χ3n) is 4.37. The number of anilines is 1. The van der Waals surface area contributed by atoms with Crippen molar-refractivity contribution in [2.45, 2.75) is 50.8 Å². The minimum Gasteiger partial charge on any atom is -0.388 e. The summed E-state index contributed by atoms with van der Waals surface area (Å²) in [5.74, 6) is 0. The number of nitrogens with one attached hydrogen (secondary N) is 1. The highest BCUT2D eigenvalue weighted by atomic mass is 16.3. The third-order valence-corrected chi connectivity index (χ3v) is 4.37. The first-order valence-corrected chi connectivity index (χ1v) is 7.81. The van der Waals surface area contributed by atoms with Crippen molar-refractivity contribution in [3.05, 3.63) is 29.3 Å². The van der Waals surface area contributed by atoms with E-state index in [1.807, 2.05) is 19.1 Å². The predicted octanol–water partition coefficient (Wildman–Crippen LogP) is 2.16. The summed E-state index contributed by atoms with van der Waals surface area (Å²) in [6.07, 6.45) is 4.33. The summed E-state index contributed by atoms with van der Waals surface area (Å²) in [4.78, 5) is 2.14. The van der Waals surface area contributed by atoms with Crippen molar-refractivity contribution in [2.24, 2.45) is 0 Å². The van der Waals surface area contributed by atoms with Crippen LogP contribution in [-0.2, 0) is 6.54 Å². The van der Waals surface area contributed by atoms with E-state index in [9.17, 15) is 10.4 Å². The van der Waals surface area contributed by atoms with E-state index in [0.29, 0.717) is 18.2 Å². The van der Waals surface area contributed by atoms with Gasteiger partial charge in [0.25, 0.3) is 0 Å². The monoisotopic (exact) mass is 285 g/mol. The summed E-state index contributed by atoms with van der Waals surface area (Å²) >= 11 is 0. The van der Waals surface area contributed by atoms with Crippen LogP contribution in [0.4, 0.5) is 5.69 Å². The summed E-state index contributed by atoms with van der Waals surface area (Å²) in [6, 6.07) is 9.09. The SMILES string of the molecule is CC1(O)CCCN(c2ccc(CNC3CC3)cc2C#N)C1. The molecular formula is C17H23N3O. The van der Waals surface area contributed by atoms with E-state index < -0.39 is 5.60 Å². The van der Waals surface area contributed by atoms with E-state index in [-0.39, 0.29) is 0 Å². The summed E-state index contributed by atoms with van der Waals surface area (Å²) in [6.45, 7) is 4.21. The van der Waals surface area contributed by atoms with Gasteiger partial charge in [0.05, 0.1) is 16.9 Å². The largest absolute Gasteiger partial charge is 0.388 e. The van der Waals surface area contributed by atoms with Gasteiger partial charge in [-0.1, -0.05) is 6.07 Å². The van der Waals surface area contributed by atoms with Gasteiger partial charge in [-0.25, -0.2) is 0 Å². The molecule has 1 aliphatic carbocycles. The van der Waals surface area contributed by atoms with Gasteiger partial charge >= 0.3 is 0 Å². The summed E-state index contributed by atoms with van der Waals surface area (Å²) in [5.41, 5.74) is 2.17. The molecule has 1 aromatic carbocycles. The summed E-state index contributed by atoms with van der Waals surface area (Å²) in [7, 11) is 0. The third kappa shape index (κ3) is 3.55. The van der Waals surface area contributed by atoms with E-state index in [4.69, 9.17) is 0 Å². The number of nitriles is 1. The molecule has 1 saturated heterocycles. The number of β-amino-alcohol motifs (C(OH)–C–C–N with tert-alkyl or cyclic N) is 1. The van der Waals surface area contributed by atoms with Crippen molar-refractivity contribution in [2.75, 3.05) is 18.0 Å². The standard InChI is InChI=1S/C17H23N3O/c1-17(21)7-2-8-20(12-17)16-6-3-13(9-14(16)10-18)11-19-15-4-5-15/h3,6,9,15,19,21H,2,4-5,7-8,11-12H2,1H3. The van der Waals surface area contributed by atoms with Gasteiger partial charge in [-0.3, -0.25) is 0 Å². The molecule has 1 heterocycles. The van der Waals surface area contributed by atoms with Gasteiger partial charge in [0.1, 0.15) is 6.07 Å². The fourth-order valence-corrected chi connectivity index (χ4v) is 3.03. The topological polar surface area (TPSA) is 59.3 Å². The quantitative estimate of drug-likeness (QED) is 0.890. The van der Waals surface area contributed by atoms with Crippen LogP contribution in [0.25, 0.3) is 0 Å². The lowest BCUT2D eigenvalue weighted by Gasteiger charge is -2.38. The molecule has 0 aromatic heterocycles. The van der Waals surface area contributed by atoms with Gasteiger partial charge in [-0.05, 0) is 50.3 Å². The molecule has 0 radical (unpaired) electrons. The molecule has 1 aromatic rings. The molecule has 1 unspecified atom stereocenters. The number of hydrogen-bond donors (Lipinski definition) is 2. The lowest BCUT2D eigenvalue weighted by molar-refractivity contribution is 0.0449. The van der Waals surface area contributed by atoms with Gasteiger partial charge in [0.2, 0.25) is 0 Å². The van der Waals surface area contributed by atoms with E-state index in [0.717, 1.165) is 37.2 Å². The second-order valence-electron chi connectivity index (χ2n) is 6.64. The number of nitrogens with zero attached hydrogens (tertiary/aromatic N) is 2. The van der Waals surface area contributed by atoms with Gasteiger partial charge in [0, 0.05) is 25.7 Å². The number of aliphatic hydroxyl groups is 1. The molecule has 2 N–H and O–H groups in total. The molecular weight excluding hydrogens is 262 g/mol. The van der Waals surface area contributed by atoms with Crippen LogP contribution < -0.4 is 10.2 Å². The van der Waals surface area contributed by atoms with Crippen LogP contribution in [0.15, 0.2) is 18.2 Å². The van der Waals surface area contributed by atoms with Crippen LogP contribution in [0.3, 0.4) is 0 Å². The lowest BCUT2D eigenvalue weighted by atomic mass is 9.94. The van der Waals surface area contributed by atoms with Crippen molar-refractivity contribution in [1.82, 2.24) is 5.32 Å². The van der Waals surface area contributed by atoms with E-state index in [1.54, 1.807) is 0 Å². The number of rotatable bonds is 4. The molecule has 2 fully saturated rings. The fourth-order valence-electron chi connectivity index (χ4n) is 3.03. The molecule has 1 aliphatic heterocycles. The molecule has 112 valence electrons. The van der Waals surface area contributed by atoms with Crippen molar-refractivity contribution >= 4 is 5.69 Å². The molecule has 0 amide bonds. The first-order valence-electron chi connectivity index (χ1n) is 7.81. The van der Waals surface area contributed by atoms with Crippen LogP contribution in [0.1, 0.15) is 43.7 Å². The van der Waals surface area contributed by atoms with Gasteiger partial charge in [0.15, 0.2) is 0 Å². The molecule has 21 heavy (non-hydrogen) atoms. The Morgan fingerprint density at radius 1 is 1.48 bits per heavy atom. The van der Waals surface area contributed by atoms with Gasteiger partial charge in [-0.2, -0.15) is 5.26 Å². The zero-order chi connectivity index (χ0) is 14.9. The molecule has 3 rings (SSSR count). The minimum absolute atomic E-state index is 0.599. The first-order chi connectivity index (χ1) is 10.1. The predicted molar refractivity (Wildman–Crippen MR) is 83.1 cm³/mol. The lowest BCUT2D eigenvalue weighted by Crippen LogP contribution is -2.46. The van der Waals surface area contributed by atoms with Gasteiger partial charge < -0.3 is 15.3 Å². The number of piperidine rings is 1. The maximum absolute atomic E-state index is 10.2. The highest BCUT2D eigenvalue weighted by molar-refractivity contribution is 5.61. The first kappa shape index (κ1) is 14.4. The Kier molecular flexibility index (Phi) is 3.88. The van der Waals surface area contributed by atoms with Crippen LogP contribution in [-0.4, -0.2) is 29.8 Å². The van der Waals surface area contributed by atoms with Gasteiger partial charge in [-0.15, -0.1) is 0 Å². The zero-order valence-electron chi connectivity index (χ0n) is 12.6. The highest BCUT2D eigenvalue weighted by Gasteiger charge is 2.29. The average molecular weight is 285 g/mol. The second kappa shape index (κ2) is 5.67. The van der Waals surface area contributed by atoms with Crippen molar-refractivity contribution in [3.8, 4) is 6.07 Å². The molecule has 2 aliphatic rings. The van der Waals surface area contributed by atoms with Crippen molar-refractivity contribution < 1.29 is 5.11 Å². The van der Waals surface area contributed by atoms with Crippen LogP contribution in [0, 0.1) is 11.3 Å². The van der Waals surface area contributed by atoms with Crippen LogP contribution in [0.5, 0.6) is 0 Å². The molecule has 0 bridgehead atoms. The Morgan fingerprint density at radius 3 is 2.95 bits per heavy atom. The second-order valence-corrected chi connectivity index (χ2v) is 6.64. The van der Waals surface area contributed by atoms with E-state index in [2.05, 4.69) is 22.4 Å². The average Bonchev–Trinajstić information content (AvgIpc) is 3.28. The number of benzene rings is 1. The Morgan fingerprint density at radius 2 is 2.29 bits per heavy atom. The number of hydrogen-bond acceptors (Lipinski definition) is 4. The minimum atomic E-state index is -0.656. The van der Waals surface area contributed by atoms with Crippen molar-refractivity contribution in [3.63, 3.8) is 0 Å². The molecule has 4 nitrogen and oxygen atoms in total. The normalized spacial score (nSPS) is 25.7. The van der Waals surface area contributed by atoms with Crippen LogP contribution >= 0.6 is 0 Å². The molecule has 1 saturated carbocycles. The maximum atomic E-state index is 10.2. The zero-order valence-corrected chi connectivity index (χ0v) is 12.6. The highest BCUT2D eigenvalue weighted by Crippen LogP contribution is 2.29. The Bertz CT molecular complexity index is 558. The van der Waals surface area contributed by atoms with E-state index in [1.165, 1.54) is 12.8 Å². The maximum Gasteiger partial charge on any atom is 0.101 e. The summed E-state index contributed by atoms with van der Waals surface area (Å²) < 4.78 is 0. The van der Waals surface area contributed by atoms with Crippen LogP contribution in [0.2, 0.25) is 0 Å². The smallest absolute Gasteiger partial charge is 0.101 e. The molecule has 4 heteroatoms.